The van der Waals surface area contributed by atoms with Crippen molar-refractivity contribution in [3.63, 3.8) is 0 Å². The van der Waals surface area contributed by atoms with Gasteiger partial charge >= 0.3 is 5.97 Å². The molecule has 0 aliphatic heterocycles. The molecule has 0 bridgehead atoms. The van der Waals surface area contributed by atoms with Crippen LogP contribution in [0.15, 0.2) is 12.1 Å². The summed E-state index contributed by atoms with van der Waals surface area (Å²) in [5.41, 5.74) is 6.13. The molecule has 98 valence electrons. The second-order valence-electron chi connectivity index (χ2n) is 4.54. The molecular weight excluding hydrogens is 234 g/mol. The van der Waals surface area contributed by atoms with Crippen LogP contribution in [0, 0.1) is 0 Å². The Morgan fingerprint density at radius 2 is 1.78 bits per heavy atom. The van der Waals surface area contributed by atoms with Crippen LogP contribution in [0.25, 0.3) is 0 Å². The first-order valence-corrected chi connectivity index (χ1v) is 5.80. The van der Waals surface area contributed by atoms with E-state index in [9.17, 15) is 9.90 Å². The SMILES string of the molecule is COc1cc(C2(C(=O)O)CCC2)cc(OC)c1N. The van der Waals surface area contributed by atoms with Crippen molar-refractivity contribution >= 4 is 11.7 Å². The predicted molar refractivity (Wildman–Crippen MR) is 67.1 cm³/mol. The van der Waals surface area contributed by atoms with Crippen molar-refractivity contribution < 1.29 is 19.4 Å². The van der Waals surface area contributed by atoms with E-state index in [1.807, 2.05) is 0 Å². The molecule has 0 aromatic heterocycles. The molecule has 1 aromatic carbocycles. The van der Waals surface area contributed by atoms with E-state index in [2.05, 4.69) is 0 Å². The van der Waals surface area contributed by atoms with E-state index in [0.29, 0.717) is 35.6 Å². The van der Waals surface area contributed by atoms with Crippen LogP contribution in [-0.4, -0.2) is 25.3 Å². The summed E-state index contributed by atoms with van der Waals surface area (Å²) in [5.74, 6) is 0.108. The number of carbonyl (C=O) groups is 1. The molecule has 1 saturated carbocycles. The summed E-state index contributed by atoms with van der Waals surface area (Å²) in [6, 6.07) is 3.40. The van der Waals surface area contributed by atoms with Crippen LogP contribution in [-0.2, 0) is 10.2 Å². The maximum Gasteiger partial charge on any atom is 0.314 e. The summed E-state index contributed by atoms with van der Waals surface area (Å²) < 4.78 is 10.3. The molecular formula is C13H17NO4. The largest absolute Gasteiger partial charge is 0.494 e. The number of hydrogen-bond donors (Lipinski definition) is 2. The summed E-state index contributed by atoms with van der Waals surface area (Å²) in [6.07, 6.45) is 2.19. The van der Waals surface area contributed by atoms with E-state index >= 15 is 0 Å². The van der Waals surface area contributed by atoms with Gasteiger partial charge in [0.05, 0.1) is 19.6 Å². The third kappa shape index (κ3) is 1.66. The first kappa shape index (κ1) is 12.5. The third-order valence-electron chi connectivity index (χ3n) is 3.71. The first-order chi connectivity index (χ1) is 8.55. The zero-order valence-corrected chi connectivity index (χ0v) is 10.5. The Balaban J connectivity index is 2.54. The first-order valence-electron chi connectivity index (χ1n) is 5.80. The Morgan fingerprint density at radius 3 is 2.06 bits per heavy atom. The van der Waals surface area contributed by atoms with Gasteiger partial charge in [0, 0.05) is 0 Å². The Labute approximate surface area is 106 Å². The Bertz CT molecular complexity index is 455. The average molecular weight is 251 g/mol. The normalized spacial score (nSPS) is 16.8. The minimum absolute atomic E-state index is 0.392. The van der Waals surface area contributed by atoms with Crippen LogP contribution < -0.4 is 15.2 Å². The van der Waals surface area contributed by atoms with Crippen molar-refractivity contribution in [2.24, 2.45) is 0 Å². The van der Waals surface area contributed by atoms with Crippen molar-refractivity contribution in [3.8, 4) is 11.5 Å². The number of benzene rings is 1. The van der Waals surface area contributed by atoms with E-state index in [4.69, 9.17) is 15.2 Å². The highest BCUT2D eigenvalue weighted by atomic mass is 16.5. The second kappa shape index (κ2) is 4.40. The molecule has 1 fully saturated rings. The smallest absolute Gasteiger partial charge is 0.314 e. The Kier molecular flexibility index (Phi) is 3.07. The number of methoxy groups -OCH3 is 2. The number of hydrogen-bond acceptors (Lipinski definition) is 4. The van der Waals surface area contributed by atoms with Crippen LogP contribution in [0.2, 0.25) is 0 Å². The number of nitrogens with two attached hydrogens (primary N) is 1. The van der Waals surface area contributed by atoms with Gasteiger partial charge in [-0.05, 0) is 30.5 Å². The molecule has 2 rings (SSSR count). The number of nitrogen functional groups attached to an aromatic ring is 1. The molecule has 18 heavy (non-hydrogen) atoms. The van der Waals surface area contributed by atoms with Crippen molar-refractivity contribution in [3.05, 3.63) is 17.7 Å². The summed E-state index contributed by atoms with van der Waals surface area (Å²) in [6.45, 7) is 0. The maximum absolute atomic E-state index is 11.5. The number of anilines is 1. The van der Waals surface area contributed by atoms with Gasteiger partial charge in [0.1, 0.15) is 17.2 Å². The van der Waals surface area contributed by atoms with Crippen molar-refractivity contribution in [2.45, 2.75) is 24.7 Å². The maximum atomic E-state index is 11.5. The zero-order valence-electron chi connectivity index (χ0n) is 10.5. The molecule has 1 aromatic rings. The lowest BCUT2D eigenvalue weighted by atomic mass is 9.64. The van der Waals surface area contributed by atoms with Crippen LogP contribution in [0.5, 0.6) is 11.5 Å². The molecule has 0 heterocycles. The van der Waals surface area contributed by atoms with Crippen molar-refractivity contribution in [1.82, 2.24) is 0 Å². The van der Waals surface area contributed by atoms with Gasteiger partial charge in [-0.15, -0.1) is 0 Å². The molecule has 0 amide bonds. The highest BCUT2D eigenvalue weighted by molar-refractivity contribution is 5.84. The number of aliphatic carboxylic acids is 1. The summed E-state index contributed by atoms with van der Waals surface area (Å²) >= 11 is 0. The highest BCUT2D eigenvalue weighted by Gasteiger charge is 2.46. The van der Waals surface area contributed by atoms with E-state index < -0.39 is 11.4 Å². The molecule has 5 nitrogen and oxygen atoms in total. The molecule has 0 atom stereocenters. The van der Waals surface area contributed by atoms with Crippen LogP contribution >= 0.6 is 0 Å². The average Bonchev–Trinajstić information content (AvgIpc) is 2.28. The van der Waals surface area contributed by atoms with E-state index in [1.54, 1.807) is 12.1 Å². The van der Waals surface area contributed by atoms with Gasteiger partial charge in [0.2, 0.25) is 0 Å². The molecule has 5 heteroatoms. The molecule has 0 spiro atoms. The second-order valence-corrected chi connectivity index (χ2v) is 4.54. The highest BCUT2D eigenvalue weighted by Crippen LogP contribution is 2.47. The van der Waals surface area contributed by atoms with E-state index in [-0.39, 0.29) is 0 Å². The lowest BCUT2D eigenvalue weighted by Crippen LogP contribution is -2.42. The number of carboxylic acid groups (broad SMARTS) is 1. The standard InChI is InChI=1S/C13H17NO4/c1-17-9-6-8(7-10(18-2)11(9)14)13(12(15)16)4-3-5-13/h6-7H,3-5,14H2,1-2H3,(H,15,16). The fourth-order valence-corrected chi connectivity index (χ4v) is 2.37. The van der Waals surface area contributed by atoms with E-state index in [0.717, 1.165) is 6.42 Å². The lowest BCUT2D eigenvalue weighted by molar-refractivity contribution is -0.147. The molecule has 0 radical (unpaired) electrons. The van der Waals surface area contributed by atoms with Crippen molar-refractivity contribution in [2.75, 3.05) is 20.0 Å². The fraction of sp³-hybridized carbons (Fsp3) is 0.462. The lowest BCUT2D eigenvalue weighted by Gasteiger charge is -2.38. The van der Waals surface area contributed by atoms with Gasteiger partial charge < -0.3 is 20.3 Å². The zero-order chi connectivity index (χ0) is 13.3. The fourth-order valence-electron chi connectivity index (χ4n) is 2.37. The molecule has 0 saturated heterocycles. The molecule has 3 N–H and O–H groups in total. The molecule has 1 aliphatic rings. The minimum atomic E-state index is -0.811. The van der Waals surface area contributed by atoms with Gasteiger partial charge in [-0.3, -0.25) is 4.79 Å². The Morgan fingerprint density at radius 1 is 1.28 bits per heavy atom. The summed E-state index contributed by atoms with van der Waals surface area (Å²) in [7, 11) is 3.01. The van der Waals surface area contributed by atoms with Gasteiger partial charge in [-0.25, -0.2) is 0 Å². The van der Waals surface area contributed by atoms with Crippen LogP contribution in [0.3, 0.4) is 0 Å². The Hall–Kier alpha value is -1.91. The molecule has 1 aliphatic carbocycles. The van der Waals surface area contributed by atoms with Gasteiger partial charge in [0.25, 0.3) is 0 Å². The van der Waals surface area contributed by atoms with Crippen LogP contribution in [0.1, 0.15) is 24.8 Å². The summed E-state index contributed by atoms with van der Waals surface area (Å²) in [4.78, 5) is 11.5. The third-order valence-corrected chi connectivity index (χ3v) is 3.71. The number of carboxylic acids is 1. The summed E-state index contributed by atoms with van der Waals surface area (Å²) in [5, 5.41) is 9.42. The topological polar surface area (TPSA) is 81.8 Å². The number of rotatable bonds is 4. The monoisotopic (exact) mass is 251 g/mol. The van der Waals surface area contributed by atoms with E-state index in [1.165, 1.54) is 14.2 Å². The quantitative estimate of drug-likeness (QED) is 0.797. The van der Waals surface area contributed by atoms with Crippen molar-refractivity contribution in [1.29, 1.82) is 0 Å². The van der Waals surface area contributed by atoms with Gasteiger partial charge in [-0.2, -0.15) is 0 Å². The van der Waals surface area contributed by atoms with Gasteiger partial charge in [0.15, 0.2) is 0 Å². The van der Waals surface area contributed by atoms with Crippen LogP contribution in [0.4, 0.5) is 5.69 Å². The predicted octanol–water partition coefficient (Wildman–Crippen LogP) is 1.79. The van der Waals surface area contributed by atoms with Gasteiger partial charge in [-0.1, -0.05) is 6.42 Å². The molecule has 0 unspecified atom stereocenters. The number of ether oxygens (including phenoxy) is 2. The minimum Gasteiger partial charge on any atom is -0.494 e.